The van der Waals surface area contributed by atoms with Crippen LogP contribution in [0.3, 0.4) is 0 Å². The van der Waals surface area contributed by atoms with Gasteiger partial charge in [0.05, 0.1) is 6.10 Å². The van der Waals surface area contributed by atoms with E-state index < -0.39 is 0 Å². The number of carbonyl (C=O) groups is 1. The Morgan fingerprint density at radius 2 is 2.33 bits per heavy atom. The zero-order valence-electron chi connectivity index (χ0n) is 12.6. The number of carbonyl (C=O) groups excluding carboxylic acids is 1. The van der Waals surface area contributed by atoms with Crippen molar-refractivity contribution in [1.82, 2.24) is 10.3 Å². The van der Waals surface area contributed by atoms with Gasteiger partial charge in [0.25, 0.3) is 5.91 Å². The van der Waals surface area contributed by atoms with Gasteiger partial charge in [-0.2, -0.15) is 0 Å². The van der Waals surface area contributed by atoms with Gasteiger partial charge in [-0.15, -0.1) is 0 Å². The van der Waals surface area contributed by atoms with Crippen molar-refractivity contribution < 1.29 is 9.53 Å². The Bertz CT molecular complexity index is 478. The summed E-state index contributed by atoms with van der Waals surface area (Å²) in [7, 11) is 0. The van der Waals surface area contributed by atoms with E-state index in [0.29, 0.717) is 28.3 Å². The summed E-state index contributed by atoms with van der Waals surface area (Å²) >= 11 is 1.31. The second-order valence-corrected chi connectivity index (χ2v) is 6.24. The van der Waals surface area contributed by atoms with E-state index in [1.165, 1.54) is 11.3 Å². The molecular weight excluding hydrogens is 288 g/mol. The molecule has 1 fully saturated rings. The van der Waals surface area contributed by atoms with Gasteiger partial charge in [-0.05, 0) is 19.3 Å². The van der Waals surface area contributed by atoms with Gasteiger partial charge in [-0.3, -0.25) is 4.79 Å². The van der Waals surface area contributed by atoms with Crippen LogP contribution in [0.25, 0.3) is 0 Å². The van der Waals surface area contributed by atoms with Crippen molar-refractivity contribution in [2.75, 3.05) is 30.7 Å². The number of ether oxygens (including phenoxy) is 1. The lowest BCUT2D eigenvalue weighted by atomic mass is 10.00. The summed E-state index contributed by atoms with van der Waals surface area (Å²) in [6, 6.07) is 0. The number of nitrogens with one attached hydrogen (secondary N) is 2. The lowest BCUT2D eigenvalue weighted by Crippen LogP contribution is -2.32. The smallest absolute Gasteiger partial charge is 0.265 e. The predicted octanol–water partition coefficient (Wildman–Crippen LogP) is 2.09. The number of thiazole rings is 1. The first-order chi connectivity index (χ1) is 10.2. The Morgan fingerprint density at radius 3 is 3.05 bits per heavy atom. The van der Waals surface area contributed by atoms with Crippen LogP contribution in [0.2, 0.25) is 0 Å². The zero-order valence-corrected chi connectivity index (χ0v) is 13.5. The number of nitrogens with zero attached hydrogens (tertiary/aromatic N) is 1. The summed E-state index contributed by atoms with van der Waals surface area (Å²) in [5, 5.41) is 6.81. The van der Waals surface area contributed by atoms with Crippen molar-refractivity contribution in [3.8, 4) is 0 Å². The third kappa shape index (κ3) is 4.07. The van der Waals surface area contributed by atoms with Crippen LogP contribution in [0.4, 0.5) is 10.9 Å². The van der Waals surface area contributed by atoms with Crippen molar-refractivity contribution in [2.24, 2.45) is 5.92 Å². The van der Waals surface area contributed by atoms with Crippen LogP contribution in [0.1, 0.15) is 42.8 Å². The lowest BCUT2D eigenvalue weighted by Gasteiger charge is -2.16. The van der Waals surface area contributed by atoms with Crippen LogP contribution >= 0.6 is 11.3 Å². The van der Waals surface area contributed by atoms with Gasteiger partial charge >= 0.3 is 0 Å². The van der Waals surface area contributed by atoms with Crippen molar-refractivity contribution in [2.45, 2.75) is 39.2 Å². The fraction of sp³-hybridized carbons (Fsp3) is 0.714. The molecule has 0 radical (unpaired) electrons. The van der Waals surface area contributed by atoms with Gasteiger partial charge in [0.1, 0.15) is 10.7 Å². The average Bonchev–Trinajstić information content (AvgIpc) is 3.08. The molecule has 0 bridgehead atoms. The van der Waals surface area contributed by atoms with E-state index >= 15 is 0 Å². The Morgan fingerprint density at radius 1 is 1.52 bits per heavy atom. The quantitative estimate of drug-likeness (QED) is 0.717. The third-order valence-corrected chi connectivity index (χ3v) is 4.69. The standard InChI is InChI=1S/C14H24N4O2S/c1-3-6-16-14-18-12(15)11(21-14)13(19)17-8-9-5-7-20-10(9)4-2/h9-10H,3-8,15H2,1-2H3,(H,16,18)(H,17,19). The Balaban J connectivity index is 1.89. The van der Waals surface area contributed by atoms with Gasteiger partial charge in [-0.1, -0.05) is 25.2 Å². The first-order valence-electron chi connectivity index (χ1n) is 7.55. The molecule has 0 saturated carbocycles. The summed E-state index contributed by atoms with van der Waals surface area (Å²) in [6.07, 6.45) is 3.24. The molecule has 2 heterocycles. The molecule has 1 aromatic rings. The highest BCUT2D eigenvalue weighted by Crippen LogP contribution is 2.26. The van der Waals surface area contributed by atoms with Gasteiger partial charge in [0.15, 0.2) is 5.13 Å². The summed E-state index contributed by atoms with van der Waals surface area (Å²) in [6.45, 7) is 6.42. The van der Waals surface area contributed by atoms with Crippen LogP contribution in [0, 0.1) is 5.92 Å². The van der Waals surface area contributed by atoms with E-state index in [4.69, 9.17) is 10.5 Å². The number of aromatic nitrogens is 1. The zero-order chi connectivity index (χ0) is 15.2. The SMILES string of the molecule is CCCNc1nc(N)c(C(=O)NCC2CCOC2CC)s1. The average molecular weight is 312 g/mol. The maximum Gasteiger partial charge on any atom is 0.265 e. The Kier molecular flexibility index (Phi) is 5.81. The molecule has 118 valence electrons. The molecular formula is C14H24N4O2S. The van der Waals surface area contributed by atoms with Crippen LogP contribution in [0.15, 0.2) is 0 Å². The van der Waals surface area contributed by atoms with E-state index in [2.05, 4.69) is 29.5 Å². The molecule has 1 saturated heterocycles. The number of nitrogen functional groups attached to an aromatic ring is 1. The van der Waals surface area contributed by atoms with Gasteiger partial charge < -0.3 is 21.1 Å². The highest BCUT2D eigenvalue weighted by Gasteiger charge is 2.27. The molecule has 1 amide bonds. The monoisotopic (exact) mass is 312 g/mol. The van der Waals surface area contributed by atoms with Crippen molar-refractivity contribution in [1.29, 1.82) is 0 Å². The number of anilines is 2. The van der Waals surface area contributed by atoms with E-state index in [-0.39, 0.29) is 12.0 Å². The van der Waals surface area contributed by atoms with Gasteiger partial charge in [-0.25, -0.2) is 4.98 Å². The Labute approximate surface area is 129 Å². The van der Waals surface area contributed by atoms with Crippen molar-refractivity contribution in [3.05, 3.63) is 4.88 Å². The third-order valence-electron chi connectivity index (χ3n) is 3.66. The van der Waals surface area contributed by atoms with Crippen LogP contribution in [0.5, 0.6) is 0 Å². The molecule has 0 aliphatic carbocycles. The molecule has 0 spiro atoms. The fourth-order valence-electron chi connectivity index (χ4n) is 2.48. The van der Waals surface area contributed by atoms with E-state index in [1.54, 1.807) is 0 Å². The lowest BCUT2D eigenvalue weighted by molar-refractivity contribution is 0.0828. The largest absolute Gasteiger partial charge is 0.382 e. The minimum Gasteiger partial charge on any atom is -0.382 e. The maximum atomic E-state index is 12.2. The first-order valence-corrected chi connectivity index (χ1v) is 8.37. The van der Waals surface area contributed by atoms with Crippen molar-refractivity contribution in [3.63, 3.8) is 0 Å². The highest BCUT2D eigenvalue weighted by molar-refractivity contribution is 7.18. The molecule has 4 N–H and O–H groups in total. The predicted molar refractivity (Wildman–Crippen MR) is 85.8 cm³/mol. The van der Waals surface area contributed by atoms with Gasteiger partial charge in [0, 0.05) is 25.6 Å². The van der Waals surface area contributed by atoms with E-state index in [0.717, 1.165) is 32.4 Å². The highest BCUT2D eigenvalue weighted by atomic mass is 32.1. The number of rotatable bonds is 7. The molecule has 1 aliphatic rings. The summed E-state index contributed by atoms with van der Waals surface area (Å²) in [4.78, 5) is 16.9. The van der Waals surface area contributed by atoms with E-state index in [1.807, 2.05) is 0 Å². The molecule has 1 aliphatic heterocycles. The topological polar surface area (TPSA) is 89.3 Å². The first kappa shape index (κ1) is 16.0. The van der Waals surface area contributed by atoms with Crippen LogP contribution in [-0.4, -0.2) is 36.7 Å². The van der Waals surface area contributed by atoms with Crippen LogP contribution in [-0.2, 0) is 4.74 Å². The number of nitrogens with two attached hydrogens (primary N) is 1. The normalized spacial score (nSPS) is 21.4. The fourth-order valence-corrected chi connectivity index (χ4v) is 3.31. The molecule has 6 nitrogen and oxygen atoms in total. The summed E-state index contributed by atoms with van der Waals surface area (Å²) in [5.41, 5.74) is 5.82. The summed E-state index contributed by atoms with van der Waals surface area (Å²) in [5.74, 6) is 0.549. The van der Waals surface area contributed by atoms with Crippen molar-refractivity contribution >= 4 is 28.2 Å². The molecule has 7 heteroatoms. The summed E-state index contributed by atoms with van der Waals surface area (Å²) < 4.78 is 5.63. The minimum atomic E-state index is -0.142. The molecule has 2 unspecified atom stereocenters. The second kappa shape index (κ2) is 7.61. The second-order valence-electron chi connectivity index (χ2n) is 5.24. The Hall–Kier alpha value is -1.34. The van der Waals surface area contributed by atoms with Gasteiger partial charge in [0.2, 0.25) is 0 Å². The maximum absolute atomic E-state index is 12.2. The van der Waals surface area contributed by atoms with Crippen LogP contribution < -0.4 is 16.4 Å². The molecule has 2 rings (SSSR count). The molecule has 21 heavy (non-hydrogen) atoms. The minimum absolute atomic E-state index is 0.142. The molecule has 1 aromatic heterocycles. The number of amides is 1. The molecule has 0 aromatic carbocycles. The number of hydrogen-bond donors (Lipinski definition) is 3. The molecule has 2 atom stereocenters. The van der Waals surface area contributed by atoms with E-state index in [9.17, 15) is 4.79 Å². The number of hydrogen-bond acceptors (Lipinski definition) is 6.